The molecule has 0 radical (unpaired) electrons. The summed E-state index contributed by atoms with van der Waals surface area (Å²) < 4.78 is 2.11. The number of nitrogens with zero attached hydrogens (tertiary/aromatic N) is 2. The average Bonchev–Trinajstić information content (AvgIpc) is 2.70. The molecule has 0 aliphatic rings. The Balaban J connectivity index is 1.95. The first-order valence-electron chi connectivity index (χ1n) is 5.47. The number of hydrogen-bond acceptors (Lipinski definition) is 5. The Morgan fingerprint density at radius 1 is 1.22 bits per heavy atom. The number of thiazole rings is 1. The predicted octanol–water partition coefficient (Wildman–Crippen LogP) is 3.73. The van der Waals surface area contributed by atoms with Crippen molar-refractivity contribution in [1.82, 2.24) is 9.97 Å². The van der Waals surface area contributed by atoms with Crippen LogP contribution in [0.2, 0.25) is 0 Å². The van der Waals surface area contributed by atoms with Crippen LogP contribution in [0.1, 0.15) is 5.56 Å². The number of nitrogens with two attached hydrogens (primary N) is 1. The highest BCUT2D eigenvalue weighted by Gasteiger charge is 2.06. The molecule has 0 fully saturated rings. The Morgan fingerprint density at radius 3 is 2.94 bits per heavy atom. The summed E-state index contributed by atoms with van der Waals surface area (Å²) in [5.41, 5.74) is 8.74. The number of aromatic nitrogens is 2. The highest BCUT2D eigenvalue weighted by molar-refractivity contribution is 8.01. The van der Waals surface area contributed by atoms with Crippen molar-refractivity contribution < 1.29 is 0 Å². The lowest BCUT2D eigenvalue weighted by atomic mass is 10.3. The highest BCUT2D eigenvalue weighted by Crippen LogP contribution is 2.34. The number of benzene rings is 1. The third-order valence-electron chi connectivity index (χ3n) is 2.48. The Hall–Kier alpha value is -1.59. The number of rotatable bonds is 2. The molecule has 1 aromatic carbocycles. The summed E-state index contributed by atoms with van der Waals surface area (Å²) in [5, 5.41) is 0.974. The quantitative estimate of drug-likeness (QED) is 0.723. The number of fused-ring (bicyclic) bond motifs is 1. The van der Waals surface area contributed by atoms with E-state index in [1.807, 2.05) is 30.5 Å². The Bertz CT molecular complexity index is 706. The Morgan fingerprint density at radius 2 is 2.11 bits per heavy atom. The van der Waals surface area contributed by atoms with E-state index < -0.39 is 0 Å². The molecule has 0 saturated heterocycles. The lowest BCUT2D eigenvalue weighted by Crippen LogP contribution is -1.81. The van der Waals surface area contributed by atoms with Gasteiger partial charge in [-0.15, -0.1) is 11.3 Å². The van der Waals surface area contributed by atoms with Crippen molar-refractivity contribution in [3.63, 3.8) is 0 Å². The molecule has 0 amide bonds. The minimum Gasteiger partial charge on any atom is -0.399 e. The second-order valence-electron chi connectivity index (χ2n) is 3.98. The summed E-state index contributed by atoms with van der Waals surface area (Å²) in [6.07, 6.45) is 1.82. The van der Waals surface area contributed by atoms with Crippen molar-refractivity contribution in [3.05, 3.63) is 42.1 Å². The van der Waals surface area contributed by atoms with Gasteiger partial charge in [0, 0.05) is 11.9 Å². The normalized spacial score (nSPS) is 10.9. The van der Waals surface area contributed by atoms with Gasteiger partial charge in [0.25, 0.3) is 0 Å². The lowest BCUT2D eigenvalue weighted by Gasteiger charge is -1.96. The standard InChI is InChI=1S/C13H11N3S2/c1-8-4-5-15-12(6-8)18-13-16-10-3-2-9(14)7-11(10)17-13/h2-7H,14H2,1H3. The molecule has 0 spiro atoms. The molecule has 3 aromatic rings. The summed E-state index contributed by atoms with van der Waals surface area (Å²) in [6.45, 7) is 2.06. The first-order valence-corrected chi connectivity index (χ1v) is 7.10. The second-order valence-corrected chi connectivity index (χ2v) is 6.28. The van der Waals surface area contributed by atoms with Crippen molar-refractivity contribution in [2.75, 3.05) is 5.73 Å². The Kier molecular flexibility index (Phi) is 2.93. The van der Waals surface area contributed by atoms with Gasteiger partial charge < -0.3 is 5.73 Å². The molecule has 0 aliphatic carbocycles. The van der Waals surface area contributed by atoms with E-state index in [0.29, 0.717) is 0 Å². The zero-order valence-corrected chi connectivity index (χ0v) is 11.4. The molecule has 0 aliphatic heterocycles. The van der Waals surface area contributed by atoms with Gasteiger partial charge >= 0.3 is 0 Å². The van der Waals surface area contributed by atoms with E-state index >= 15 is 0 Å². The van der Waals surface area contributed by atoms with E-state index in [4.69, 9.17) is 5.73 Å². The summed E-state index contributed by atoms with van der Waals surface area (Å²) >= 11 is 3.23. The maximum Gasteiger partial charge on any atom is 0.157 e. The maximum absolute atomic E-state index is 5.77. The molecular weight excluding hydrogens is 262 g/mol. The first-order chi connectivity index (χ1) is 8.70. The van der Waals surface area contributed by atoms with Crippen LogP contribution in [0.15, 0.2) is 45.9 Å². The van der Waals surface area contributed by atoms with Gasteiger partial charge in [-0.1, -0.05) is 0 Å². The molecular formula is C13H11N3S2. The number of nitrogen functional groups attached to an aromatic ring is 1. The van der Waals surface area contributed by atoms with Crippen LogP contribution >= 0.6 is 23.1 Å². The van der Waals surface area contributed by atoms with Gasteiger partial charge in [-0.3, -0.25) is 0 Å². The van der Waals surface area contributed by atoms with E-state index in [0.717, 1.165) is 25.3 Å². The smallest absolute Gasteiger partial charge is 0.157 e. The van der Waals surface area contributed by atoms with Gasteiger partial charge in [-0.05, 0) is 54.6 Å². The van der Waals surface area contributed by atoms with Crippen LogP contribution in [-0.4, -0.2) is 9.97 Å². The van der Waals surface area contributed by atoms with Crippen LogP contribution < -0.4 is 5.73 Å². The average molecular weight is 273 g/mol. The molecule has 2 N–H and O–H groups in total. The van der Waals surface area contributed by atoms with Crippen molar-refractivity contribution in [2.24, 2.45) is 0 Å². The number of pyridine rings is 1. The second kappa shape index (κ2) is 4.59. The third kappa shape index (κ3) is 2.32. The van der Waals surface area contributed by atoms with Gasteiger partial charge in [0.2, 0.25) is 0 Å². The molecule has 2 aromatic heterocycles. The predicted molar refractivity (Wildman–Crippen MR) is 77.1 cm³/mol. The fourth-order valence-electron chi connectivity index (χ4n) is 1.62. The van der Waals surface area contributed by atoms with Crippen LogP contribution in [0.3, 0.4) is 0 Å². The summed E-state index contributed by atoms with van der Waals surface area (Å²) in [4.78, 5) is 8.89. The van der Waals surface area contributed by atoms with Gasteiger partial charge in [0.15, 0.2) is 4.34 Å². The Labute approximate surface area is 113 Å². The fraction of sp³-hybridized carbons (Fsp3) is 0.0769. The van der Waals surface area contributed by atoms with Crippen LogP contribution in [0.5, 0.6) is 0 Å². The van der Waals surface area contributed by atoms with E-state index in [2.05, 4.69) is 23.0 Å². The summed E-state index contributed by atoms with van der Waals surface area (Å²) in [5.74, 6) is 0. The molecule has 18 heavy (non-hydrogen) atoms. The molecule has 0 saturated carbocycles. The molecule has 0 atom stereocenters. The van der Waals surface area contributed by atoms with Gasteiger partial charge in [-0.2, -0.15) is 0 Å². The molecule has 3 rings (SSSR count). The van der Waals surface area contributed by atoms with Gasteiger partial charge in [0.1, 0.15) is 5.03 Å². The summed E-state index contributed by atoms with van der Waals surface area (Å²) in [7, 11) is 0. The summed E-state index contributed by atoms with van der Waals surface area (Å²) in [6, 6.07) is 9.84. The molecule has 0 bridgehead atoms. The minimum absolute atomic E-state index is 0.774. The van der Waals surface area contributed by atoms with Crippen molar-refractivity contribution >= 4 is 39.0 Å². The van der Waals surface area contributed by atoms with Crippen molar-refractivity contribution in [3.8, 4) is 0 Å². The number of hydrogen-bond donors (Lipinski definition) is 1. The van der Waals surface area contributed by atoms with Gasteiger partial charge in [-0.25, -0.2) is 9.97 Å². The van der Waals surface area contributed by atoms with Crippen LogP contribution in [0.4, 0.5) is 5.69 Å². The zero-order valence-electron chi connectivity index (χ0n) is 9.75. The third-order valence-corrected chi connectivity index (χ3v) is 4.49. The van der Waals surface area contributed by atoms with E-state index in [-0.39, 0.29) is 0 Å². The topological polar surface area (TPSA) is 51.8 Å². The van der Waals surface area contributed by atoms with Crippen molar-refractivity contribution in [1.29, 1.82) is 0 Å². The van der Waals surface area contributed by atoms with Crippen LogP contribution in [0, 0.1) is 6.92 Å². The monoisotopic (exact) mass is 273 g/mol. The van der Waals surface area contributed by atoms with Crippen molar-refractivity contribution in [2.45, 2.75) is 16.3 Å². The molecule has 3 nitrogen and oxygen atoms in total. The van der Waals surface area contributed by atoms with Crippen LogP contribution in [0.25, 0.3) is 10.2 Å². The van der Waals surface area contributed by atoms with Gasteiger partial charge in [0.05, 0.1) is 10.2 Å². The van der Waals surface area contributed by atoms with E-state index in [9.17, 15) is 0 Å². The molecule has 5 heteroatoms. The first kappa shape index (κ1) is 11.5. The molecule has 2 heterocycles. The maximum atomic E-state index is 5.77. The SMILES string of the molecule is Cc1ccnc(Sc2nc3ccc(N)cc3s2)c1. The molecule has 0 unspecified atom stereocenters. The highest BCUT2D eigenvalue weighted by atomic mass is 32.2. The molecule has 90 valence electrons. The number of anilines is 1. The fourth-order valence-corrected chi connectivity index (χ4v) is 3.74. The largest absolute Gasteiger partial charge is 0.399 e. The minimum atomic E-state index is 0.774. The van der Waals surface area contributed by atoms with Crippen LogP contribution in [-0.2, 0) is 0 Å². The van der Waals surface area contributed by atoms with E-state index in [1.165, 1.54) is 5.56 Å². The number of aryl methyl sites for hydroxylation is 1. The van der Waals surface area contributed by atoms with E-state index in [1.54, 1.807) is 23.1 Å². The lowest BCUT2D eigenvalue weighted by molar-refractivity contribution is 1.11. The zero-order chi connectivity index (χ0) is 12.5.